The molecule has 0 saturated heterocycles. The number of benzene rings is 2. The molecule has 32 heavy (non-hydrogen) atoms. The van der Waals surface area contributed by atoms with Crippen molar-refractivity contribution in [1.82, 2.24) is 9.78 Å². The number of nitro benzene ring substituents is 1. The molecule has 1 aromatic heterocycles. The van der Waals surface area contributed by atoms with Crippen molar-refractivity contribution in [3.8, 4) is 28.4 Å². The number of para-hydroxylation sites is 1. The predicted molar refractivity (Wildman–Crippen MR) is 111 cm³/mol. The number of ether oxygens (including phenoxy) is 4. The summed E-state index contributed by atoms with van der Waals surface area (Å²) < 4.78 is 21.5. The standard InChI is InChI=1S/C21H19N3O8/c1-29-15-11-14(24(27)28)16(30-2)10-13(15)18-17(20(25)31-3)19(21(26)32-4)23(22-18)12-8-6-5-7-9-12/h5-11H,1-4H3. The van der Waals surface area contributed by atoms with Gasteiger partial charge in [-0.1, -0.05) is 18.2 Å². The quantitative estimate of drug-likeness (QED) is 0.308. The summed E-state index contributed by atoms with van der Waals surface area (Å²) in [7, 11) is 4.89. The zero-order valence-electron chi connectivity index (χ0n) is 17.6. The highest BCUT2D eigenvalue weighted by molar-refractivity contribution is 6.07. The second-order valence-corrected chi connectivity index (χ2v) is 6.28. The molecule has 11 heteroatoms. The zero-order chi connectivity index (χ0) is 23.4. The molecular formula is C21H19N3O8. The van der Waals surface area contributed by atoms with Crippen molar-refractivity contribution in [2.24, 2.45) is 0 Å². The molecule has 0 amide bonds. The van der Waals surface area contributed by atoms with Crippen LogP contribution in [0, 0.1) is 10.1 Å². The normalized spacial score (nSPS) is 10.4. The van der Waals surface area contributed by atoms with Gasteiger partial charge in [-0.05, 0) is 12.1 Å². The summed E-state index contributed by atoms with van der Waals surface area (Å²) >= 11 is 0. The molecule has 0 fully saturated rings. The lowest BCUT2D eigenvalue weighted by molar-refractivity contribution is -0.385. The van der Waals surface area contributed by atoms with Gasteiger partial charge in [0.05, 0.1) is 45.1 Å². The summed E-state index contributed by atoms with van der Waals surface area (Å²) in [5, 5.41) is 15.9. The summed E-state index contributed by atoms with van der Waals surface area (Å²) in [5.74, 6) is -1.74. The van der Waals surface area contributed by atoms with E-state index in [0.717, 1.165) is 13.2 Å². The van der Waals surface area contributed by atoms with Crippen LogP contribution in [0.15, 0.2) is 42.5 Å². The van der Waals surface area contributed by atoms with Gasteiger partial charge in [0.2, 0.25) is 0 Å². The van der Waals surface area contributed by atoms with Crippen LogP contribution in [0.25, 0.3) is 16.9 Å². The van der Waals surface area contributed by atoms with E-state index in [9.17, 15) is 19.7 Å². The number of hydrogen-bond acceptors (Lipinski definition) is 9. The number of aromatic nitrogens is 2. The number of carbonyl (C=O) groups is 2. The van der Waals surface area contributed by atoms with E-state index in [2.05, 4.69) is 5.10 Å². The third-order valence-electron chi connectivity index (χ3n) is 4.61. The van der Waals surface area contributed by atoms with Crippen LogP contribution >= 0.6 is 0 Å². The summed E-state index contributed by atoms with van der Waals surface area (Å²) in [6.45, 7) is 0. The molecule has 0 bridgehead atoms. The second-order valence-electron chi connectivity index (χ2n) is 6.28. The van der Waals surface area contributed by atoms with Crippen molar-refractivity contribution in [2.75, 3.05) is 28.4 Å². The Hall–Kier alpha value is -4.41. The van der Waals surface area contributed by atoms with Gasteiger partial charge in [-0.3, -0.25) is 10.1 Å². The summed E-state index contributed by atoms with van der Waals surface area (Å²) in [4.78, 5) is 36.2. The van der Waals surface area contributed by atoms with Crippen molar-refractivity contribution >= 4 is 17.6 Å². The van der Waals surface area contributed by atoms with Gasteiger partial charge in [0.15, 0.2) is 11.4 Å². The van der Waals surface area contributed by atoms with E-state index in [1.165, 1.54) is 32.1 Å². The first kappa shape index (κ1) is 22.3. The van der Waals surface area contributed by atoms with Gasteiger partial charge in [-0.15, -0.1) is 0 Å². The predicted octanol–water partition coefficient (Wildman–Crippen LogP) is 3.04. The van der Waals surface area contributed by atoms with E-state index in [1.54, 1.807) is 30.3 Å². The number of hydrogen-bond donors (Lipinski definition) is 0. The molecule has 0 unspecified atom stereocenters. The van der Waals surface area contributed by atoms with Gasteiger partial charge >= 0.3 is 17.6 Å². The lowest BCUT2D eigenvalue weighted by Crippen LogP contribution is -2.15. The first-order chi connectivity index (χ1) is 15.4. The summed E-state index contributed by atoms with van der Waals surface area (Å²) in [6, 6.07) is 11.0. The van der Waals surface area contributed by atoms with Crippen LogP contribution in [0.1, 0.15) is 20.8 Å². The summed E-state index contributed by atoms with van der Waals surface area (Å²) in [5.41, 5.74) is -0.0841. The van der Waals surface area contributed by atoms with Crippen LogP contribution in [0.4, 0.5) is 5.69 Å². The molecular weight excluding hydrogens is 422 g/mol. The number of carbonyl (C=O) groups excluding carboxylic acids is 2. The number of esters is 2. The Morgan fingerprint density at radius 1 is 0.938 bits per heavy atom. The molecule has 0 radical (unpaired) electrons. The molecule has 0 N–H and O–H groups in total. The molecule has 0 spiro atoms. The maximum Gasteiger partial charge on any atom is 0.357 e. The molecule has 11 nitrogen and oxygen atoms in total. The Labute approximate surface area is 182 Å². The minimum Gasteiger partial charge on any atom is -0.496 e. The van der Waals surface area contributed by atoms with Gasteiger partial charge in [0, 0.05) is 11.6 Å². The third kappa shape index (κ3) is 3.83. The monoisotopic (exact) mass is 441 g/mol. The maximum absolute atomic E-state index is 12.8. The van der Waals surface area contributed by atoms with Gasteiger partial charge < -0.3 is 18.9 Å². The number of nitrogens with zero attached hydrogens (tertiary/aromatic N) is 3. The Morgan fingerprint density at radius 3 is 2.09 bits per heavy atom. The smallest absolute Gasteiger partial charge is 0.357 e. The number of methoxy groups -OCH3 is 4. The molecule has 3 aromatic rings. The minimum absolute atomic E-state index is 0.00819. The molecule has 0 aliphatic carbocycles. The van der Waals surface area contributed by atoms with E-state index in [0.29, 0.717) is 5.69 Å². The Morgan fingerprint density at radius 2 is 1.56 bits per heavy atom. The zero-order valence-corrected chi connectivity index (χ0v) is 17.6. The van der Waals surface area contributed by atoms with Gasteiger partial charge in [-0.25, -0.2) is 14.3 Å². The Kier molecular flexibility index (Phi) is 6.38. The summed E-state index contributed by atoms with van der Waals surface area (Å²) in [6.07, 6.45) is 0. The van der Waals surface area contributed by atoms with Crippen molar-refractivity contribution in [2.45, 2.75) is 0 Å². The number of rotatable bonds is 7. The van der Waals surface area contributed by atoms with Crippen LogP contribution in [-0.4, -0.2) is 55.1 Å². The average molecular weight is 441 g/mol. The topological polar surface area (TPSA) is 132 Å². The molecule has 2 aromatic carbocycles. The fourth-order valence-corrected chi connectivity index (χ4v) is 3.15. The molecule has 1 heterocycles. The van der Waals surface area contributed by atoms with E-state index >= 15 is 0 Å². The van der Waals surface area contributed by atoms with Crippen molar-refractivity contribution < 1.29 is 33.5 Å². The van der Waals surface area contributed by atoms with Gasteiger partial charge in [0.25, 0.3) is 0 Å². The molecule has 0 saturated carbocycles. The highest BCUT2D eigenvalue weighted by Crippen LogP contribution is 2.41. The minimum atomic E-state index is -0.859. The van der Waals surface area contributed by atoms with Crippen LogP contribution in [0.5, 0.6) is 11.5 Å². The maximum atomic E-state index is 12.8. The largest absolute Gasteiger partial charge is 0.496 e. The fourth-order valence-electron chi connectivity index (χ4n) is 3.15. The lowest BCUT2D eigenvalue weighted by Gasteiger charge is -2.10. The molecule has 166 valence electrons. The van der Waals surface area contributed by atoms with Crippen LogP contribution in [0.3, 0.4) is 0 Å². The van der Waals surface area contributed by atoms with Crippen molar-refractivity contribution in [1.29, 1.82) is 0 Å². The lowest BCUT2D eigenvalue weighted by atomic mass is 10.0. The van der Waals surface area contributed by atoms with Crippen molar-refractivity contribution in [3.63, 3.8) is 0 Å². The van der Waals surface area contributed by atoms with E-state index in [4.69, 9.17) is 18.9 Å². The second kappa shape index (κ2) is 9.16. The van der Waals surface area contributed by atoms with E-state index < -0.39 is 16.9 Å². The highest BCUT2D eigenvalue weighted by Gasteiger charge is 2.33. The van der Waals surface area contributed by atoms with Crippen LogP contribution in [0.2, 0.25) is 0 Å². The highest BCUT2D eigenvalue weighted by atomic mass is 16.6. The van der Waals surface area contributed by atoms with E-state index in [-0.39, 0.29) is 39.7 Å². The van der Waals surface area contributed by atoms with Crippen molar-refractivity contribution in [3.05, 3.63) is 63.8 Å². The van der Waals surface area contributed by atoms with Gasteiger partial charge in [-0.2, -0.15) is 5.10 Å². The van der Waals surface area contributed by atoms with Gasteiger partial charge in [0.1, 0.15) is 17.0 Å². The fraction of sp³-hybridized carbons (Fsp3) is 0.190. The number of nitro groups is 1. The van der Waals surface area contributed by atoms with Crippen LogP contribution < -0.4 is 9.47 Å². The molecule has 3 rings (SSSR count). The molecule has 0 aliphatic rings. The SMILES string of the molecule is COC(=O)c1c(-c2cc(OC)c([N+](=O)[O-])cc2OC)nn(-c2ccccc2)c1C(=O)OC. The first-order valence-corrected chi connectivity index (χ1v) is 9.13. The molecule has 0 atom stereocenters. The van der Waals surface area contributed by atoms with Crippen LogP contribution in [-0.2, 0) is 9.47 Å². The first-order valence-electron chi connectivity index (χ1n) is 9.13. The Bertz CT molecular complexity index is 1190. The Balaban J connectivity index is 2.44. The van der Waals surface area contributed by atoms with E-state index in [1.807, 2.05) is 0 Å². The average Bonchev–Trinajstić information content (AvgIpc) is 3.23. The molecule has 0 aliphatic heterocycles. The third-order valence-corrected chi connectivity index (χ3v) is 4.61.